The summed E-state index contributed by atoms with van der Waals surface area (Å²) in [4.78, 5) is 13.1. The second-order valence-corrected chi connectivity index (χ2v) is 5.60. The molecule has 0 aliphatic carbocycles. The van der Waals surface area contributed by atoms with E-state index in [2.05, 4.69) is 10.2 Å². The average Bonchev–Trinajstić information content (AvgIpc) is 3.17. The van der Waals surface area contributed by atoms with Gasteiger partial charge in [-0.25, -0.2) is 0 Å². The van der Waals surface area contributed by atoms with Crippen LogP contribution in [0.25, 0.3) is 22.3 Å². The Hall–Kier alpha value is -3.41. The molecule has 2 aromatic heterocycles. The number of methoxy groups -OCH3 is 1. The monoisotopic (exact) mass is 333 g/mol. The zero-order chi connectivity index (χ0) is 17.2. The molecule has 0 fully saturated rings. The molecule has 124 valence electrons. The lowest BCUT2D eigenvalue weighted by molar-refractivity contribution is 0.414. The minimum atomic E-state index is -0.0727. The fraction of sp³-hybridized carbons (Fsp3) is 0.105. The number of hydrogen-bond donors (Lipinski definition) is 0. The molecule has 0 N–H and O–H groups in total. The fourth-order valence-electron chi connectivity index (χ4n) is 2.79. The number of fused-ring (bicyclic) bond motifs is 1. The smallest absolute Gasteiger partial charge is 0.198 e. The molecule has 4 aromatic rings. The molecule has 0 amide bonds. The predicted molar refractivity (Wildman–Crippen MR) is 93.6 cm³/mol. The van der Waals surface area contributed by atoms with Crippen LogP contribution in [0.4, 0.5) is 0 Å². The van der Waals surface area contributed by atoms with Crippen molar-refractivity contribution in [2.45, 2.75) is 6.54 Å². The number of rotatable bonds is 4. The molecular formula is C19H15N3O3. The third-order valence-electron chi connectivity index (χ3n) is 4.04. The molecule has 0 unspecified atom stereocenters. The summed E-state index contributed by atoms with van der Waals surface area (Å²) in [6, 6.07) is 14.8. The molecule has 0 spiro atoms. The van der Waals surface area contributed by atoms with Crippen molar-refractivity contribution in [2.75, 3.05) is 7.11 Å². The van der Waals surface area contributed by atoms with E-state index in [1.54, 1.807) is 42.5 Å². The van der Waals surface area contributed by atoms with Crippen molar-refractivity contribution in [3.63, 3.8) is 0 Å². The van der Waals surface area contributed by atoms with Crippen molar-refractivity contribution < 1.29 is 9.15 Å². The third kappa shape index (κ3) is 2.78. The molecule has 2 heterocycles. The highest BCUT2D eigenvalue weighted by molar-refractivity contribution is 5.81. The topological polar surface area (TPSA) is 70.2 Å². The number of nitrogens with zero attached hydrogens (tertiary/aromatic N) is 3. The van der Waals surface area contributed by atoms with E-state index in [-0.39, 0.29) is 5.43 Å². The number of hydrogen-bond acceptors (Lipinski definition) is 5. The largest absolute Gasteiger partial charge is 0.497 e. The lowest BCUT2D eigenvalue weighted by atomic mass is 10.0. The molecule has 25 heavy (non-hydrogen) atoms. The Morgan fingerprint density at radius 3 is 2.56 bits per heavy atom. The molecule has 6 nitrogen and oxygen atoms in total. The van der Waals surface area contributed by atoms with Crippen molar-refractivity contribution >= 4 is 11.0 Å². The van der Waals surface area contributed by atoms with Gasteiger partial charge in [0.15, 0.2) is 5.43 Å². The molecule has 0 aliphatic rings. The second-order valence-electron chi connectivity index (χ2n) is 5.60. The molecule has 0 saturated heterocycles. The zero-order valence-corrected chi connectivity index (χ0v) is 13.5. The molecule has 6 heteroatoms. The van der Waals surface area contributed by atoms with Crippen LogP contribution < -0.4 is 10.2 Å². The van der Waals surface area contributed by atoms with E-state index in [0.717, 1.165) is 5.56 Å². The summed E-state index contributed by atoms with van der Waals surface area (Å²) < 4.78 is 13.1. The van der Waals surface area contributed by atoms with Crippen LogP contribution in [0.1, 0.15) is 5.56 Å². The van der Waals surface area contributed by atoms with Crippen molar-refractivity contribution in [2.24, 2.45) is 0 Å². The first kappa shape index (κ1) is 15.1. The standard InChI is InChI=1S/C19H15N3O3/c1-24-14-7-8-15-17(9-14)25-19(13-5-3-2-4-6-13)16(18(15)23)10-22-11-20-21-12-22/h2-9,11-12H,10H2,1H3. The molecule has 0 bridgehead atoms. The number of ether oxygens (including phenoxy) is 1. The second kappa shape index (κ2) is 6.24. The summed E-state index contributed by atoms with van der Waals surface area (Å²) in [5.41, 5.74) is 1.82. The summed E-state index contributed by atoms with van der Waals surface area (Å²) in [6.45, 7) is 0.335. The van der Waals surface area contributed by atoms with Crippen LogP contribution in [0.3, 0.4) is 0 Å². The fourth-order valence-corrected chi connectivity index (χ4v) is 2.79. The maximum absolute atomic E-state index is 13.1. The van der Waals surface area contributed by atoms with Gasteiger partial charge in [0, 0.05) is 11.6 Å². The molecular weight excluding hydrogens is 318 g/mol. The lowest BCUT2D eigenvalue weighted by Gasteiger charge is -2.11. The molecule has 0 atom stereocenters. The van der Waals surface area contributed by atoms with Crippen LogP contribution in [0.15, 0.2) is 70.4 Å². The minimum absolute atomic E-state index is 0.0727. The Labute approximate surface area is 143 Å². The zero-order valence-electron chi connectivity index (χ0n) is 13.5. The first-order valence-corrected chi connectivity index (χ1v) is 7.78. The first-order chi connectivity index (χ1) is 12.3. The van der Waals surface area contributed by atoms with E-state index in [4.69, 9.17) is 9.15 Å². The minimum Gasteiger partial charge on any atom is -0.497 e. The Morgan fingerprint density at radius 1 is 1.08 bits per heavy atom. The summed E-state index contributed by atoms with van der Waals surface area (Å²) in [6.07, 6.45) is 3.15. The van der Waals surface area contributed by atoms with Crippen LogP contribution in [-0.2, 0) is 6.54 Å². The quantitative estimate of drug-likeness (QED) is 0.574. The van der Waals surface area contributed by atoms with Gasteiger partial charge in [0.1, 0.15) is 29.7 Å². The van der Waals surface area contributed by atoms with E-state index >= 15 is 0 Å². The van der Waals surface area contributed by atoms with Gasteiger partial charge >= 0.3 is 0 Å². The van der Waals surface area contributed by atoms with Crippen molar-refractivity contribution in [3.8, 4) is 17.1 Å². The van der Waals surface area contributed by atoms with Crippen LogP contribution in [-0.4, -0.2) is 21.9 Å². The van der Waals surface area contributed by atoms with E-state index in [9.17, 15) is 4.79 Å². The Balaban J connectivity index is 1.99. The van der Waals surface area contributed by atoms with Crippen molar-refractivity contribution in [3.05, 3.63) is 77.0 Å². The van der Waals surface area contributed by atoms with Crippen LogP contribution in [0.5, 0.6) is 5.75 Å². The normalized spacial score (nSPS) is 10.9. The molecule has 0 saturated carbocycles. The summed E-state index contributed by atoms with van der Waals surface area (Å²) in [5.74, 6) is 1.18. The first-order valence-electron chi connectivity index (χ1n) is 7.78. The molecule has 4 rings (SSSR count). The highest BCUT2D eigenvalue weighted by Gasteiger charge is 2.17. The molecule has 0 aliphatic heterocycles. The molecule has 2 aromatic carbocycles. The van der Waals surface area contributed by atoms with Gasteiger partial charge in [-0.1, -0.05) is 30.3 Å². The Bertz CT molecular complexity index is 1070. The lowest BCUT2D eigenvalue weighted by Crippen LogP contribution is -2.14. The SMILES string of the molecule is COc1ccc2c(=O)c(Cn3cnnc3)c(-c3ccccc3)oc2c1. The maximum atomic E-state index is 13.1. The van der Waals surface area contributed by atoms with Gasteiger partial charge in [0.05, 0.1) is 24.6 Å². The van der Waals surface area contributed by atoms with Crippen molar-refractivity contribution in [1.82, 2.24) is 14.8 Å². The van der Waals surface area contributed by atoms with E-state index < -0.39 is 0 Å². The van der Waals surface area contributed by atoms with Gasteiger partial charge in [-0.15, -0.1) is 10.2 Å². The number of aromatic nitrogens is 3. The van der Waals surface area contributed by atoms with Crippen LogP contribution in [0.2, 0.25) is 0 Å². The highest BCUT2D eigenvalue weighted by Crippen LogP contribution is 2.28. The third-order valence-corrected chi connectivity index (χ3v) is 4.04. The van der Waals surface area contributed by atoms with Gasteiger partial charge in [-0.3, -0.25) is 4.79 Å². The van der Waals surface area contributed by atoms with E-state index in [1.807, 2.05) is 30.3 Å². The maximum Gasteiger partial charge on any atom is 0.198 e. The Morgan fingerprint density at radius 2 is 1.84 bits per heavy atom. The average molecular weight is 333 g/mol. The van der Waals surface area contributed by atoms with Gasteiger partial charge in [0.2, 0.25) is 0 Å². The summed E-state index contributed by atoms with van der Waals surface area (Å²) >= 11 is 0. The summed E-state index contributed by atoms with van der Waals surface area (Å²) in [5, 5.41) is 8.12. The van der Waals surface area contributed by atoms with Gasteiger partial charge in [-0.05, 0) is 12.1 Å². The van der Waals surface area contributed by atoms with Gasteiger partial charge in [0.25, 0.3) is 0 Å². The number of benzene rings is 2. The van der Waals surface area contributed by atoms with Gasteiger partial charge < -0.3 is 13.7 Å². The van der Waals surface area contributed by atoms with Crippen molar-refractivity contribution in [1.29, 1.82) is 0 Å². The highest BCUT2D eigenvalue weighted by atomic mass is 16.5. The van der Waals surface area contributed by atoms with Gasteiger partial charge in [-0.2, -0.15) is 0 Å². The van der Waals surface area contributed by atoms with Crippen LogP contribution >= 0.6 is 0 Å². The molecule has 0 radical (unpaired) electrons. The van der Waals surface area contributed by atoms with Crippen LogP contribution in [0, 0.1) is 0 Å². The Kier molecular flexibility index (Phi) is 3.78. The predicted octanol–water partition coefficient (Wildman–Crippen LogP) is 3.11. The van der Waals surface area contributed by atoms with E-state index in [0.29, 0.717) is 34.6 Å². The summed E-state index contributed by atoms with van der Waals surface area (Å²) in [7, 11) is 1.58. The van der Waals surface area contributed by atoms with E-state index in [1.165, 1.54) is 0 Å².